The van der Waals surface area contributed by atoms with Crippen molar-refractivity contribution in [2.24, 2.45) is 0 Å². The van der Waals surface area contributed by atoms with Crippen LogP contribution in [0.2, 0.25) is 0 Å². The zero-order valence-electron chi connectivity index (χ0n) is 16.2. The van der Waals surface area contributed by atoms with Crippen LogP contribution in [-0.2, 0) is 10.0 Å². The van der Waals surface area contributed by atoms with E-state index in [2.05, 4.69) is 0 Å². The summed E-state index contributed by atoms with van der Waals surface area (Å²) in [6.07, 6.45) is 0. The Balaban J connectivity index is 1.68. The standard InChI is InChI=1S/C19H22N4O5S/c1-15-6-8-16(9-7-15)20(2)19(24)21-10-12-22(13-11-21)29(27,28)18-5-3-4-17(14-18)23(25)26/h3-9,14H,10-13H2,1-2H3. The van der Waals surface area contributed by atoms with Crippen LogP contribution in [0.3, 0.4) is 0 Å². The number of sulfonamides is 1. The first-order chi connectivity index (χ1) is 13.7. The Bertz CT molecular complexity index is 1020. The predicted molar refractivity (Wildman–Crippen MR) is 108 cm³/mol. The molecular weight excluding hydrogens is 396 g/mol. The van der Waals surface area contributed by atoms with Gasteiger partial charge in [0.15, 0.2) is 0 Å². The van der Waals surface area contributed by atoms with Crippen LogP contribution in [0.5, 0.6) is 0 Å². The second-order valence-corrected chi connectivity index (χ2v) is 8.76. The Hall–Kier alpha value is -2.98. The predicted octanol–water partition coefficient (Wildman–Crippen LogP) is 2.47. The van der Waals surface area contributed by atoms with Crippen molar-refractivity contribution < 1.29 is 18.1 Å². The molecule has 2 aromatic rings. The number of non-ortho nitro benzene ring substituents is 1. The normalized spacial score (nSPS) is 15.2. The second kappa shape index (κ2) is 8.18. The highest BCUT2D eigenvalue weighted by molar-refractivity contribution is 7.89. The van der Waals surface area contributed by atoms with Crippen LogP contribution in [0.4, 0.5) is 16.2 Å². The number of nitro benzene ring substituents is 1. The molecular formula is C19H22N4O5S. The van der Waals surface area contributed by atoms with Crippen LogP contribution in [0.15, 0.2) is 53.4 Å². The number of carbonyl (C=O) groups is 1. The number of urea groups is 1. The minimum Gasteiger partial charge on any atom is -0.322 e. The number of hydrogen-bond donors (Lipinski definition) is 0. The van der Waals surface area contributed by atoms with Crippen molar-refractivity contribution in [2.45, 2.75) is 11.8 Å². The monoisotopic (exact) mass is 418 g/mol. The van der Waals surface area contributed by atoms with Gasteiger partial charge in [-0.2, -0.15) is 4.31 Å². The third-order valence-electron chi connectivity index (χ3n) is 4.88. The molecule has 2 amide bonds. The SMILES string of the molecule is Cc1ccc(N(C)C(=O)N2CCN(S(=O)(=O)c3cccc([N+](=O)[O-])c3)CC2)cc1. The Kier molecular flexibility index (Phi) is 5.85. The second-order valence-electron chi connectivity index (χ2n) is 6.82. The number of benzene rings is 2. The molecule has 0 aliphatic carbocycles. The quantitative estimate of drug-likeness (QED) is 0.560. The highest BCUT2D eigenvalue weighted by Gasteiger charge is 2.32. The number of rotatable bonds is 4. The Labute approximate surface area is 169 Å². The van der Waals surface area contributed by atoms with E-state index >= 15 is 0 Å². The van der Waals surface area contributed by atoms with Crippen LogP contribution in [-0.4, -0.2) is 61.8 Å². The van der Waals surface area contributed by atoms with Gasteiger partial charge in [-0.1, -0.05) is 23.8 Å². The van der Waals surface area contributed by atoms with Crippen LogP contribution < -0.4 is 4.90 Å². The van der Waals surface area contributed by atoms with Crippen LogP contribution in [0, 0.1) is 17.0 Å². The van der Waals surface area contributed by atoms with Gasteiger partial charge in [0.2, 0.25) is 10.0 Å². The summed E-state index contributed by atoms with van der Waals surface area (Å²) >= 11 is 0. The van der Waals surface area contributed by atoms with Gasteiger partial charge < -0.3 is 4.90 Å². The maximum absolute atomic E-state index is 12.8. The molecule has 0 N–H and O–H groups in total. The Morgan fingerprint density at radius 1 is 1.07 bits per heavy atom. The van der Waals surface area contributed by atoms with E-state index in [1.54, 1.807) is 11.9 Å². The summed E-state index contributed by atoms with van der Waals surface area (Å²) in [7, 11) is -2.19. The average Bonchev–Trinajstić information content (AvgIpc) is 2.73. The van der Waals surface area contributed by atoms with Gasteiger partial charge in [0.1, 0.15) is 0 Å². The van der Waals surface area contributed by atoms with Gasteiger partial charge in [0.25, 0.3) is 5.69 Å². The Morgan fingerprint density at radius 3 is 2.28 bits per heavy atom. The van der Waals surface area contributed by atoms with Crippen LogP contribution in [0.1, 0.15) is 5.56 Å². The van der Waals surface area contributed by atoms with Gasteiger partial charge in [0, 0.05) is 51.0 Å². The molecule has 9 nitrogen and oxygen atoms in total. The first-order valence-corrected chi connectivity index (χ1v) is 10.5. The van der Waals surface area contributed by atoms with Crippen molar-refractivity contribution in [2.75, 3.05) is 38.1 Å². The molecule has 2 aromatic carbocycles. The number of carbonyl (C=O) groups excluding carboxylic acids is 1. The molecule has 0 aromatic heterocycles. The number of nitrogens with zero attached hydrogens (tertiary/aromatic N) is 4. The molecule has 29 heavy (non-hydrogen) atoms. The van der Waals surface area contributed by atoms with Crippen LogP contribution >= 0.6 is 0 Å². The van der Waals surface area contributed by atoms with E-state index in [9.17, 15) is 23.3 Å². The van der Waals surface area contributed by atoms with Gasteiger partial charge >= 0.3 is 6.03 Å². The van der Waals surface area contributed by atoms with E-state index in [0.29, 0.717) is 0 Å². The van der Waals surface area contributed by atoms with Gasteiger partial charge in [0.05, 0.1) is 9.82 Å². The minimum absolute atomic E-state index is 0.122. The maximum atomic E-state index is 12.8. The molecule has 0 saturated carbocycles. The number of anilines is 1. The third-order valence-corrected chi connectivity index (χ3v) is 6.78. The molecule has 1 heterocycles. The summed E-state index contributed by atoms with van der Waals surface area (Å²) in [4.78, 5) is 26.0. The van der Waals surface area contributed by atoms with Crippen molar-refractivity contribution in [3.8, 4) is 0 Å². The highest BCUT2D eigenvalue weighted by atomic mass is 32.2. The smallest absolute Gasteiger partial charge is 0.322 e. The van der Waals surface area contributed by atoms with E-state index < -0.39 is 14.9 Å². The van der Waals surface area contributed by atoms with Gasteiger partial charge in [-0.15, -0.1) is 0 Å². The van der Waals surface area contributed by atoms with Crippen molar-refractivity contribution in [1.82, 2.24) is 9.21 Å². The summed E-state index contributed by atoms with van der Waals surface area (Å²) < 4.78 is 26.9. The van der Waals surface area contributed by atoms with E-state index in [1.165, 1.54) is 27.4 Å². The van der Waals surface area contributed by atoms with Crippen molar-refractivity contribution in [1.29, 1.82) is 0 Å². The summed E-state index contributed by atoms with van der Waals surface area (Å²) in [5.41, 5.74) is 1.57. The third kappa shape index (κ3) is 4.38. The molecule has 0 bridgehead atoms. The van der Waals surface area contributed by atoms with E-state index in [0.717, 1.165) is 17.3 Å². The van der Waals surface area contributed by atoms with Gasteiger partial charge in [-0.25, -0.2) is 13.2 Å². The molecule has 0 spiro atoms. The summed E-state index contributed by atoms with van der Waals surface area (Å²) in [5.74, 6) is 0. The van der Waals surface area contributed by atoms with Gasteiger partial charge in [-0.3, -0.25) is 15.0 Å². The number of nitro groups is 1. The molecule has 3 rings (SSSR count). The zero-order valence-corrected chi connectivity index (χ0v) is 17.0. The lowest BCUT2D eigenvalue weighted by molar-refractivity contribution is -0.385. The Morgan fingerprint density at radius 2 is 1.69 bits per heavy atom. The van der Waals surface area contributed by atoms with Gasteiger partial charge in [-0.05, 0) is 25.1 Å². The lowest BCUT2D eigenvalue weighted by Gasteiger charge is -2.36. The van der Waals surface area contributed by atoms with Crippen molar-refractivity contribution >= 4 is 27.4 Å². The number of amides is 2. The minimum atomic E-state index is -3.87. The molecule has 0 unspecified atom stereocenters. The summed E-state index contributed by atoms with van der Waals surface area (Å²) in [6.45, 7) is 2.69. The molecule has 0 radical (unpaired) electrons. The topological polar surface area (TPSA) is 104 Å². The fourth-order valence-electron chi connectivity index (χ4n) is 3.12. The van der Waals surface area contributed by atoms with Crippen molar-refractivity contribution in [3.63, 3.8) is 0 Å². The maximum Gasteiger partial charge on any atom is 0.324 e. The lowest BCUT2D eigenvalue weighted by Crippen LogP contribution is -2.53. The molecule has 154 valence electrons. The molecule has 10 heteroatoms. The first kappa shape index (κ1) is 20.7. The molecule has 1 saturated heterocycles. The summed E-state index contributed by atoms with van der Waals surface area (Å²) in [5, 5.41) is 10.9. The van der Waals surface area contributed by atoms with Crippen LogP contribution in [0.25, 0.3) is 0 Å². The highest BCUT2D eigenvalue weighted by Crippen LogP contribution is 2.23. The first-order valence-electron chi connectivity index (χ1n) is 9.04. The van der Waals surface area contributed by atoms with E-state index in [1.807, 2.05) is 31.2 Å². The number of piperazine rings is 1. The van der Waals surface area contributed by atoms with E-state index in [4.69, 9.17) is 0 Å². The van der Waals surface area contributed by atoms with E-state index in [-0.39, 0.29) is 42.8 Å². The van der Waals surface area contributed by atoms with Crippen molar-refractivity contribution in [3.05, 3.63) is 64.2 Å². The molecule has 1 aliphatic rings. The average molecular weight is 418 g/mol. The largest absolute Gasteiger partial charge is 0.324 e. The zero-order chi connectivity index (χ0) is 21.2. The lowest BCUT2D eigenvalue weighted by atomic mass is 10.2. The molecule has 1 aliphatic heterocycles. The number of hydrogen-bond acceptors (Lipinski definition) is 5. The molecule has 1 fully saturated rings. The fraction of sp³-hybridized carbons (Fsp3) is 0.316. The summed E-state index contributed by atoms with van der Waals surface area (Å²) in [6, 6.07) is 12.3. The number of aryl methyl sites for hydroxylation is 1. The molecule has 0 atom stereocenters. The fourth-order valence-corrected chi connectivity index (χ4v) is 4.58.